The van der Waals surface area contributed by atoms with Gasteiger partial charge in [0.05, 0.1) is 17.5 Å². The van der Waals surface area contributed by atoms with Crippen LogP contribution >= 0.6 is 0 Å². The van der Waals surface area contributed by atoms with E-state index in [1.807, 2.05) is 53.1 Å². The predicted octanol–water partition coefficient (Wildman–Crippen LogP) is 4.01. The van der Waals surface area contributed by atoms with E-state index in [9.17, 15) is 17.9 Å². The molecule has 0 radical (unpaired) electrons. The summed E-state index contributed by atoms with van der Waals surface area (Å²) in [7, 11) is -3.83. The van der Waals surface area contributed by atoms with Gasteiger partial charge in [0.2, 0.25) is 10.0 Å². The first-order valence-corrected chi connectivity index (χ1v) is 11.3. The molecule has 0 aliphatic carbocycles. The Labute approximate surface area is 175 Å². The molecule has 0 spiro atoms. The minimum absolute atomic E-state index is 0.00909. The summed E-state index contributed by atoms with van der Waals surface area (Å²) in [6, 6.07) is 20.6. The SMILES string of the molecule is CCN(C[C@H](O)Cn1c2ccccc2c2ccccc21)S(=O)(=O)c1ccc(F)cc1. The molecule has 5 nitrogen and oxygen atoms in total. The molecule has 0 saturated heterocycles. The van der Waals surface area contributed by atoms with E-state index < -0.39 is 21.9 Å². The fraction of sp³-hybridized carbons (Fsp3) is 0.217. The van der Waals surface area contributed by atoms with E-state index in [0.29, 0.717) is 0 Å². The number of nitrogens with zero attached hydrogens (tertiary/aromatic N) is 2. The van der Waals surface area contributed by atoms with E-state index in [1.54, 1.807) is 6.92 Å². The Kier molecular flexibility index (Phi) is 5.60. The van der Waals surface area contributed by atoms with Gasteiger partial charge in [0.1, 0.15) is 5.82 Å². The number of fused-ring (bicyclic) bond motifs is 3. The van der Waals surface area contributed by atoms with Crippen molar-refractivity contribution in [1.29, 1.82) is 0 Å². The third-order valence-electron chi connectivity index (χ3n) is 5.29. The van der Waals surface area contributed by atoms with Crippen molar-refractivity contribution < 1.29 is 17.9 Å². The maximum Gasteiger partial charge on any atom is 0.243 e. The number of aromatic nitrogens is 1. The van der Waals surface area contributed by atoms with Crippen LogP contribution in [0.2, 0.25) is 0 Å². The molecule has 0 amide bonds. The standard InChI is InChI=1S/C23H23FN2O3S/c1-2-25(30(28,29)19-13-11-17(24)12-14-19)15-18(27)16-26-22-9-5-3-7-20(22)21-8-4-6-10-23(21)26/h3-14,18,27H,2,15-16H2,1H3/t18-/m0/s1. The molecule has 0 aliphatic rings. The largest absolute Gasteiger partial charge is 0.390 e. The molecule has 1 heterocycles. The van der Waals surface area contributed by atoms with E-state index in [2.05, 4.69) is 0 Å². The van der Waals surface area contributed by atoms with Crippen molar-refractivity contribution in [3.05, 3.63) is 78.6 Å². The van der Waals surface area contributed by atoms with Crippen LogP contribution in [0.4, 0.5) is 4.39 Å². The molecule has 0 saturated carbocycles. The first-order valence-electron chi connectivity index (χ1n) is 9.81. The number of sulfonamides is 1. The second-order valence-electron chi connectivity index (χ2n) is 7.21. The average molecular weight is 427 g/mol. The summed E-state index contributed by atoms with van der Waals surface area (Å²) in [6.45, 7) is 2.11. The van der Waals surface area contributed by atoms with Crippen molar-refractivity contribution in [2.45, 2.75) is 24.5 Å². The number of para-hydroxylation sites is 2. The quantitative estimate of drug-likeness (QED) is 0.486. The Bertz CT molecular complexity index is 1230. The summed E-state index contributed by atoms with van der Waals surface area (Å²) >= 11 is 0. The number of benzene rings is 3. The molecule has 4 aromatic rings. The molecule has 3 aromatic carbocycles. The number of hydrogen-bond donors (Lipinski definition) is 1. The lowest BCUT2D eigenvalue weighted by atomic mass is 10.2. The summed E-state index contributed by atoms with van der Waals surface area (Å²) < 4.78 is 42.3. The lowest BCUT2D eigenvalue weighted by Gasteiger charge is -2.24. The Morgan fingerprint density at radius 1 is 0.933 bits per heavy atom. The lowest BCUT2D eigenvalue weighted by molar-refractivity contribution is 0.131. The molecule has 7 heteroatoms. The van der Waals surface area contributed by atoms with Crippen LogP contribution in [-0.4, -0.2) is 41.6 Å². The van der Waals surface area contributed by atoms with Crippen LogP contribution in [0.5, 0.6) is 0 Å². The fourth-order valence-electron chi connectivity index (χ4n) is 3.86. The second kappa shape index (κ2) is 8.18. The van der Waals surface area contributed by atoms with Crippen molar-refractivity contribution in [3.63, 3.8) is 0 Å². The van der Waals surface area contributed by atoms with Gasteiger partial charge in [0.25, 0.3) is 0 Å². The summed E-state index contributed by atoms with van der Waals surface area (Å²) in [5.41, 5.74) is 1.98. The smallest absolute Gasteiger partial charge is 0.243 e. The van der Waals surface area contributed by atoms with Crippen LogP contribution in [-0.2, 0) is 16.6 Å². The number of rotatable bonds is 7. The Balaban J connectivity index is 1.62. The molecule has 30 heavy (non-hydrogen) atoms. The number of aliphatic hydroxyl groups is 1. The summed E-state index contributed by atoms with van der Waals surface area (Å²) in [5.74, 6) is -0.497. The highest BCUT2D eigenvalue weighted by Gasteiger charge is 2.26. The molecule has 156 valence electrons. The van der Waals surface area contributed by atoms with Crippen molar-refractivity contribution >= 4 is 31.8 Å². The maximum absolute atomic E-state index is 13.2. The third-order valence-corrected chi connectivity index (χ3v) is 7.25. The highest BCUT2D eigenvalue weighted by Crippen LogP contribution is 2.29. The molecular weight excluding hydrogens is 403 g/mol. The highest BCUT2D eigenvalue weighted by atomic mass is 32.2. The zero-order valence-electron chi connectivity index (χ0n) is 16.6. The van der Waals surface area contributed by atoms with Crippen LogP contribution in [0.15, 0.2) is 77.7 Å². The molecule has 0 bridgehead atoms. The zero-order valence-corrected chi connectivity index (χ0v) is 17.4. The second-order valence-corrected chi connectivity index (χ2v) is 9.15. The minimum atomic E-state index is -3.83. The molecule has 0 aliphatic heterocycles. The van der Waals surface area contributed by atoms with E-state index in [-0.39, 0.29) is 24.5 Å². The summed E-state index contributed by atoms with van der Waals surface area (Å²) in [6.07, 6.45) is -0.917. The van der Waals surface area contributed by atoms with Gasteiger partial charge < -0.3 is 9.67 Å². The first-order chi connectivity index (χ1) is 14.4. The molecule has 1 N–H and O–H groups in total. The molecule has 0 unspecified atom stereocenters. The van der Waals surface area contributed by atoms with Crippen LogP contribution in [0.1, 0.15) is 6.92 Å². The summed E-state index contributed by atoms with van der Waals surface area (Å²) in [5, 5.41) is 13.0. The van der Waals surface area contributed by atoms with Gasteiger partial charge in [-0.15, -0.1) is 0 Å². The Hall–Kier alpha value is -2.74. The van der Waals surface area contributed by atoms with Crippen molar-refractivity contribution in [3.8, 4) is 0 Å². The molecule has 0 fully saturated rings. The van der Waals surface area contributed by atoms with Crippen molar-refractivity contribution in [2.24, 2.45) is 0 Å². The Morgan fingerprint density at radius 2 is 1.47 bits per heavy atom. The topological polar surface area (TPSA) is 62.5 Å². The van der Waals surface area contributed by atoms with Crippen LogP contribution < -0.4 is 0 Å². The predicted molar refractivity (Wildman–Crippen MR) is 116 cm³/mol. The van der Waals surface area contributed by atoms with Crippen molar-refractivity contribution in [2.75, 3.05) is 13.1 Å². The fourth-order valence-corrected chi connectivity index (χ4v) is 5.34. The van der Waals surface area contributed by atoms with E-state index in [0.717, 1.165) is 33.9 Å². The Morgan fingerprint density at radius 3 is 2.00 bits per heavy atom. The lowest BCUT2D eigenvalue weighted by Crippen LogP contribution is -2.38. The van der Waals surface area contributed by atoms with Gasteiger partial charge in [0, 0.05) is 34.9 Å². The van der Waals surface area contributed by atoms with Crippen molar-refractivity contribution in [1.82, 2.24) is 8.87 Å². The van der Waals surface area contributed by atoms with Crippen LogP contribution in [0.3, 0.4) is 0 Å². The zero-order chi connectivity index (χ0) is 21.3. The van der Waals surface area contributed by atoms with Gasteiger partial charge in [-0.05, 0) is 36.4 Å². The summed E-state index contributed by atoms with van der Waals surface area (Å²) in [4.78, 5) is 0.00909. The number of likely N-dealkylation sites (N-methyl/N-ethyl adjacent to an activating group) is 1. The van der Waals surface area contributed by atoms with Gasteiger partial charge in [-0.3, -0.25) is 0 Å². The van der Waals surface area contributed by atoms with Gasteiger partial charge in [0.15, 0.2) is 0 Å². The van der Waals surface area contributed by atoms with Crippen LogP contribution in [0.25, 0.3) is 21.8 Å². The van der Waals surface area contributed by atoms with Crippen LogP contribution in [0, 0.1) is 5.82 Å². The first kappa shape index (κ1) is 20.5. The van der Waals surface area contributed by atoms with Gasteiger partial charge in [-0.1, -0.05) is 43.3 Å². The minimum Gasteiger partial charge on any atom is -0.390 e. The van der Waals surface area contributed by atoms with E-state index in [1.165, 1.54) is 16.4 Å². The normalized spacial score (nSPS) is 13.3. The van der Waals surface area contributed by atoms with Gasteiger partial charge in [-0.25, -0.2) is 12.8 Å². The number of halogens is 1. The number of aliphatic hydroxyl groups excluding tert-OH is 1. The molecule has 1 atom stereocenters. The highest BCUT2D eigenvalue weighted by molar-refractivity contribution is 7.89. The monoisotopic (exact) mass is 426 g/mol. The van der Waals surface area contributed by atoms with E-state index >= 15 is 0 Å². The maximum atomic E-state index is 13.2. The molecule has 1 aromatic heterocycles. The van der Waals surface area contributed by atoms with Gasteiger partial charge in [-0.2, -0.15) is 4.31 Å². The molecule has 4 rings (SSSR count). The van der Waals surface area contributed by atoms with E-state index in [4.69, 9.17) is 0 Å². The number of hydrogen-bond acceptors (Lipinski definition) is 3. The van der Waals surface area contributed by atoms with Gasteiger partial charge >= 0.3 is 0 Å². The molecular formula is C23H23FN2O3S. The average Bonchev–Trinajstić information content (AvgIpc) is 3.06. The third kappa shape index (κ3) is 3.71.